The number of hydrogen-bond acceptors (Lipinski definition) is 3. The quantitative estimate of drug-likeness (QED) is 0.761. The van der Waals surface area contributed by atoms with Gasteiger partial charge in [-0.25, -0.2) is 0 Å². The van der Waals surface area contributed by atoms with Crippen molar-refractivity contribution in [2.24, 2.45) is 0 Å². The summed E-state index contributed by atoms with van der Waals surface area (Å²) in [7, 11) is 4.24. The Hall–Kier alpha value is -0.120. The van der Waals surface area contributed by atoms with E-state index in [1.165, 1.54) is 13.0 Å². The van der Waals surface area contributed by atoms with Gasteiger partial charge in [0, 0.05) is 6.54 Å². The standard InChI is InChI=1S/C12H26N2O/c1-12(15)6-4-9-14(11-7-12)10-5-8-13(2)3/h15H,4-11H2,1-3H3. The van der Waals surface area contributed by atoms with Crippen molar-refractivity contribution in [3.05, 3.63) is 0 Å². The Morgan fingerprint density at radius 2 is 2.00 bits per heavy atom. The highest BCUT2D eigenvalue weighted by molar-refractivity contribution is 4.79. The van der Waals surface area contributed by atoms with Crippen molar-refractivity contribution in [1.82, 2.24) is 9.80 Å². The van der Waals surface area contributed by atoms with Crippen LogP contribution in [0.2, 0.25) is 0 Å². The molecular formula is C12H26N2O. The summed E-state index contributed by atoms with van der Waals surface area (Å²) < 4.78 is 0. The predicted octanol–water partition coefficient (Wildman–Crippen LogP) is 1.17. The summed E-state index contributed by atoms with van der Waals surface area (Å²) in [6.07, 6.45) is 4.25. The molecule has 0 aromatic carbocycles. The molecule has 0 aromatic rings. The zero-order valence-electron chi connectivity index (χ0n) is 10.5. The third-order valence-corrected chi connectivity index (χ3v) is 3.24. The van der Waals surface area contributed by atoms with Crippen molar-refractivity contribution in [3.8, 4) is 0 Å². The molecule has 1 aliphatic rings. The fourth-order valence-electron chi connectivity index (χ4n) is 2.15. The lowest BCUT2D eigenvalue weighted by Gasteiger charge is -2.22. The molecule has 1 atom stereocenters. The van der Waals surface area contributed by atoms with E-state index in [0.717, 1.165) is 38.9 Å². The average Bonchev–Trinajstić information content (AvgIpc) is 2.27. The highest BCUT2D eigenvalue weighted by atomic mass is 16.3. The Morgan fingerprint density at radius 1 is 1.27 bits per heavy atom. The van der Waals surface area contributed by atoms with E-state index >= 15 is 0 Å². The second kappa shape index (κ2) is 5.83. The average molecular weight is 214 g/mol. The van der Waals surface area contributed by atoms with E-state index in [1.54, 1.807) is 0 Å². The monoisotopic (exact) mass is 214 g/mol. The summed E-state index contributed by atoms with van der Waals surface area (Å²) in [6, 6.07) is 0. The van der Waals surface area contributed by atoms with Crippen molar-refractivity contribution < 1.29 is 5.11 Å². The Kier molecular flexibility index (Phi) is 5.03. The molecular weight excluding hydrogens is 188 g/mol. The van der Waals surface area contributed by atoms with Crippen molar-refractivity contribution in [2.45, 2.75) is 38.2 Å². The minimum absolute atomic E-state index is 0.420. The fraction of sp³-hybridized carbons (Fsp3) is 1.00. The van der Waals surface area contributed by atoms with Gasteiger partial charge in [0.25, 0.3) is 0 Å². The molecule has 0 aliphatic carbocycles. The Labute approximate surface area is 94.1 Å². The molecule has 3 heteroatoms. The van der Waals surface area contributed by atoms with Crippen LogP contribution in [-0.4, -0.2) is 60.8 Å². The molecule has 1 aliphatic heterocycles. The predicted molar refractivity (Wildman–Crippen MR) is 64.1 cm³/mol. The smallest absolute Gasteiger partial charge is 0.0632 e. The van der Waals surface area contributed by atoms with Crippen LogP contribution in [0.1, 0.15) is 32.6 Å². The largest absolute Gasteiger partial charge is 0.390 e. The maximum Gasteiger partial charge on any atom is 0.0632 e. The third-order valence-electron chi connectivity index (χ3n) is 3.24. The highest BCUT2D eigenvalue weighted by Crippen LogP contribution is 2.21. The molecule has 0 amide bonds. The molecule has 0 saturated carbocycles. The lowest BCUT2D eigenvalue weighted by molar-refractivity contribution is 0.0446. The molecule has 15 heavy (non-hydrogen) atoms. The summed E-state index contributed by atoms with van der Waals surface area (Å²) in [5.41, 5.74) is -0.420. The van der Waals surface area contributed by atoms with Gasteiger partial charge in [-0.3, -0.25) is 0 Å². The molecule has 1 N–H and O–H groups in total. The summed E-state index contributed by atoms with van der Waals surface area (Å²) in [4.78, 5) is 4.72. The Balaban J connectivity index is 2.20. The maximum atomic E-state index is 9.95. The van der Waals surface area contributed by atoms with Crippen LogP contribution < -0.4 is 0 Å². The summed E-state index contributed by atoms with van der Waals surface area (Å²) >= 11 is 0. The third kappa shape index (κ3) is 5.50. The molecule has 1 unspecified atom stereocenters. The molecule has 90 valence electrons. The zero-order valence-corrected chi connectivity index (χ0v) is 10.5. The molecule has 1 saturated heterocycles. The number of hydrogen-bond donors (Lipinski definition) is 1. The maximum absolute atomic E-state index is 9.95. The van der Waals surface area contributed by atoms with Crippen LogP contribution in [0.5, 0.6) is 0 Å². The van der Waals surface area contributed by atoms with Crippen LogP contribution in [0.4, 0.5) is 0 Å². The van der Waals surface area contributed by atoms with Crippen molar-refractivity contribution in [1.29, 1.82) is 0 Å². The van der Waals surface area contributed by atoms with Crippen LogP contribution in [-0.2, 0) is 0 Å². The molecule has 1 fully saturated rings. The molecule has 0 aromatic heterocycles. The summed E-state index contributed by atoms with van der Waals surface area (Å²) in [5.74, 6) is 0. The molecule has 1 heterocycles. The number of likely N-dealkylation sites (tertiary alicyclic amines) is 1. The van der Waals surface area contributed by atoms with E-state index in [-0.39, 0.29) is 0 Å². The topological polar surface area (TPSA) is 26.7 Å². The van der Waals surface area contributed by atoms with Gasteiger partial charge in [0.1, 0.15) is 0 Å². The van der Waals surface area contributed by atoms with Gasteiger partial charge in [-0.15, -0.1) is 0 Å². The van der Waals surface area contributed by atoms with Crippen LogP contribution >= 0.6 is 0 Å². The van der Waals surface area contributed by atoms with Crippen LogP contribution in [0.3, 0.4) is 0 Å². The highest BCUT2D eigenvalue weighted by Gasteiger charge is 2.24. The summed E-state index contributed by atoms with van der Waals surface area (Å²) in [6.45, 7) is 6.52. The van der Waals surface area contributed by atoms with Gasteiger partial charge in [0.05, 0.1) is 5.60 Å². The van der Waals surface area contributed by atoms with Gasteiger partial charge in [0.2, 0.25) is 0 Å². The molecule has 0 spiro atoms. The van der Waals surface area contributed by atoms with Crippen molar-refractivity contribution in [2.75, 3.05) is 40.3 Å². The van der Waals surface area contributed by atoms with Gasteiger partial charge < -0.3 is 14.9 Å². The van der Waals surface area contributed by atoms with E-state index < -0.39 is 5.60 Å². The SMILES string of the molecule is CN(C)CCCN1CCCC(C)(O)CC1. The first kappa shape index (κ1) is 12.9. The van der Waals surface area contributed by atoms with E-state index in [2.05, 4.69) is 23.9 Å². The second-order valence-electron chi connectivity index (χ2n) is 5.35. The van der Waals surface area contributed by atoms with Gasteiger partial charge in [-0.2, -0.15) is 0 Å². The Morgan fingerprint density at radius 3 is 2.67 bits per heavy atom. The zero-order chi connectivity index (χ0) is 11.3. The van der Waals surface area contributed by atoms with Crippen LogP contribution in [0, 0.1) is 0 Å². The fourth-order valence-corrected chi connectivity index (χ4v) is 2.15. The van der Waals surface area contributed by atoms with Gasteiger partial charge in [-0.05, 0) is 66.3 Å². The summed E-state index contributed by atoms with van der Waals surface area (Å²) in [5, 5.41) is 9.95. The second-order valence-corrected chi connectivity index (χ2v) is 5.35. The number of rotatable bonds is 4. The normalized spacial score (nSPS) is 29.4. The van der Waals surface area contributed by atoms with Gasteiger partial charge in [-0.1, -0.05) is 0 Å². The van der Waals surface area contributed by atoms with E-state index in [4.69, 9.17) is 0 Å². The van der Waals surface area contributed by atoms with Crippen molar-refractivity contribution in [3.63, 3.8) is 0 Å². The minimum Gasteiger partial charge on any atom is -0.390 e. The Bertz CT molecular complexity index is 180. The molecule has 1 rings (SSSR count). The van der Waals surface area contributed by atoms with Crippen LogP contribution in [0.15, 0.2) is 0 Å². The molecule has 0 radical (unpaired) electrons. The first-order valence-corrected chi connectivity index (χ1v) is 6.09. The van der Waals surface area contributed by atoms with E-state index in [1.807, 2.05) is 6.92 Å². The molecule has 3 nitrogen and oxygen atoms in total. The van der Waals surface area contributed by atoms with Gasteiger partial charge in [0.15, 0.2) is 0 Å². The van der Waals surface area contributed by atoms with Gasteiger partial charge >= 0.3 is 0 Å². The minimum atomic E-state index is -0.420. The van der Waals surface area contributed by atoms with E-state index in [0.29, 0.717) is 0 Å². The lowest BCUT2D eigenvalue weighted by atomic mass is 9.98. The lowest BCUT2D eigenvalue weighted by Crippen LogP contribution is -2.30. The first-order chi connectivity index (χ1) is 6.99. The molecule has 0 bridgehead atoms. The number of aliphatic hydroxyl groups is 1. The number of nitrogens with zero attached hydrogens (tertiary/aromatic N) is 2. The van der Waals surface area contributed by atoms with Crippen molar-refractivity contribution >= 4 is 0 Å². The van der Waals surface area contributed by atoms with E-state index in [9.17, 15) is 5.11 Å². The van der Waals surface area contributed by atoms with Crippen LogP contribution in [0.25, 0.3) is 0 Å². The first-order valence-electron chi connectivity index (χ1n) is 6.09.